The Balaban J connectivity index is 2.23. The minimum absolute atomic E-state index is 0.135. The number of nitrogens with one attached hydrogen (secondary N) is 1. The Morgan fingerprint density at radius 1 is 1.09 bits per heavy atom. The van der Waals surface area contributed by atoms with E-state index in [1.165, 1.54) is 10.5 Å². The Kier molecular flexibility index (Phi) is 7.59. The number of carbonyl (C=O) groups excluding carboxylic acids is 3. The summed E-state index contributed by atoms with van der Waals surface area (Å²) in [6.07, 6.45) is 0.924. The predicted octanol–water partition coefficient (Wildman–Crippen LogP) is 0.375. The summed E-state index contributed by atoms with van der Waals surface area (Å²) in [6.45, 7) is 1.18. The molecule has 0 saturated carbocycles. The zero-order chi connectivity index (χ0) is 17.2. The number of carbonyl (C=O) groups is 3. The van der Waals surface area contributed by atoms with Crippen molar-refractivity contribution in [3.05, 3.63) is 29.8 Å². The topological polar surface area (TPSA) is 84.9 Å². The first kappa shape index (κ1) is 18.5. The van der Waals surface area contributed by atoms with Crippen LogP contribution in [-0.4, -0.2) is 56.5 Å². The fourth-order valence-corrected chi connectivity index (χ4v) is 1.53. The zero-order valence-electron chi connectivity index (χ0n) is 13.6. The molecular formula is C16H22N2O5. The van der Waals surface area contributed by atoms with Gasteiger partial charge in [0.2, 0.25) is 5.91 Å². The fraction of sp³-hybridized carbons (Fsp3) is 0.438. The van der Waals surface area contributed by atoms with Crippen LogP contribution in [-0.2, 0) is 25.5 Å². The lowest BCUT2D eigenvalue weighted by molar-refractivity contribution is -0.150. The van der Waals surface area contributed by atoms with Gasteiger partial charge in [-0.05, 0) is 24.1 Å². The lowest BCUT2D eigenvalue weighted by Crippen LogP contribution is -2.38. The Bertz CT molecular complexity index is 540. The number of nitrogens with zero attached hydrogens (tertiary/aromatic N) is 1. The Morgan fingerprint density at radius 2 is 1.74 bits per heavy atom. The van der Waals surface area contributed by atoms with Crippen LogP contribution in [0.25, 0.3) is 0 Å². The van der Waals surface area contributed by atoms with Crippen LogP contribution in [0, 0.1) is 0 Å². The summed E-state index contributed by atoms with van der Waals surface area (Å²) < 4.78 is 10.0. The maximum Gasteiger partial charge on any atom is 0.344 e. The third-order valence-electron chi connectivity index (χ3n) is 2.99. The van der Waals surface area contributed by atoms with E-state index in [9.17, 15) is 14.4 Å². The molecule has 1 N–H and O–H groups in total. The molecule has 2 amide bonds. The number of ether oxygens (including phenoxy) is 2. The highest BCUT2D eigenvalue weighted by molar-refractivity contribution is 5.86. The second kappa shape index (κ2) is 9.45. The van der Waals surface area contributed by atoms with Crippen molar-refractivity contribution in [2.75, 3.05) is 33.9 Å². The molecule has 0 fully saturated rings. The molecule has 0 bridgehead atoms. The number of rotatable bonds is 8. The van der Waals surface area contributed by atoms with Crippen molar-refractivity contribution < 1.29 is 23.9 Å². The fourth-order valence-electron chi connectivity index (χ4n) is 1.53. The molecule has 0 heterocycles. The lowest BCUT2D eigenvalue weighted by atomic mass is 10.2. The Morgan fingerprint density at radius 3 is 2.30 bits per heavy atom. The maximum absolute atomic E-state index is 11.5. The van der Waals surface area contributed by atoms with Crippen LogP contribution in [0.15, 0.2) is 24.3 Å². The summed E-state index contributed by atoms with van der Waals surface area (Å²) in [5.74, 6) is -0.886. The van der Waals surface area contributed by atoms with Crippen LogP contribution < -0.4 is 10.1 Å². The second-order valence-corrected chi connectivity index (χ2v) is 5.01. The molecule has 126 valence electrons. The van der Waals surface area contributed by atoms with Crippen molar-refractivity contribution in [3.63, 3.8) is 0 Å². The number of benzene rings is 1. The normalized spacial score (nSPS) is 9.87. The molecule has 0 unspecified atom stereocenters. The van der Waals surface area contributed by atoms with Crippen molar-refractivity contribution in [3.8, 4) is 5.75 Å². The SMILES string of the molecule is CCc1ccc(OCC(=O)OCC(=O)NCC(=O)N(C)C)cc1. The van der Waals surface area contributed by atoms with Gasteiger partial charge in [-0.25, -0.2) is 4.79 Å². The van der Waals surface area contributed by atoms with Gasteiger partial charge in [-0.1, -0.05) is 19.1 Å². The molecule has 1 aromatic rings. The third-order valence-corrected chi connectivity index (χ3v) is 2.99. The second-order valence-electron chi connectivity index (χ2n) is 5.01. The third kappa shape index (κ3) is 7.30. The Hall–Kier alpha value is -2.57. The standard InChI is InChI=1S/C16H22N2O5/c1-4-12-5-7-13(8-6-12)22-11-16(21)23-10-14(19)17-9-15(20)18(2)3/h5-8H,4,9-11H2,1-3H3,(H,17,19). The van der Waals surface area contributed by atoms with E-state index >= 15 is 0 Å². The van der Waals surface area contributed by atoms with Gasteiger partial charge in [0, 0.05) is 14.1 Å². The van der Waals surface area contributed by atoms with Gasteiger partial charge < -0.3 is 19.7 Å². The van der Waals surface area contributed by atoms with Crippen LogP contribution in [0.5, 0.6) is 5.75 Å². The molecule has 0 atom stereocenters. The molecule has 0 radical (unpaired) electrons. The lowest BCUT2D eigenvalue weighted by Gasteiger charge is -2.11. The van der Waals surface area contributed by atoms with Gasteiger partial charge in [0.15, 0.2) is 13.2 Å². The monoisotopic (exact) mass is 322 g/mol. The van der Waals surface area contributed by atoms with Crippen LogP contribution >= 0.6 is 0 Å². The van der Waals surface area contributed by atoms with Crippen LogP contribution in [0.4, 0.5) is 0 Å². The van der Waals surface area contributed by atoms with E-state index in [4.69, 9.17) is 9.47 Å². The first-order valence-corrected chi connectivity index (χ1v) is 7.26. The van der Waals surface area contributed by atoms with E-state index in [-0.39, 0.29) is 19.1 Å². The number of esters is 1. The summed E-state index contributed by atoms with van der Waals surface area (Å²) in [5, 5.41) is 2.36. The van der Waals surface area contributed by atoms with Gasteiger partial charge in [0.25, 0.3) is 5.91 Å². The molecule has 0 saturated heterocycles. The van der Waals surface area contributed by atoms with Crippen molar-refractivity contribution in [1.82, 2.24) is 10.2 Å². The molecule has 0 aliphatic rings. The molecule has 0 aromatic heterocycles. The minimum Gasteiger partial charge on any atom is -0.482 e. The number of hydrogen-bond donors (Lipinski definition) is 1. The largest absolute Gasteiger partial charge is 0.482 e. The number of aryl methyl sites for hydroxylation is 1. The maximum atomic E-state index is 11.5. The summed E-state index contributed by atoms with van der Waals surface area (Å²) in [5.41, 5.74) is 1.17. The summed E-state index contributed by atoms with van der Waals surface area (Å²) >= 11 is 0. The molecule has 0 aliphatic heterocycles. The van der Waals surface area contributed by atoms with Crippen molar-refractivity contribution in [2.24, 2.45) is 0 Å². The zero-order valence-corrected chi connectivity index (χ0v) is 13.6. The minimum atomic E-state index is -0.654. The number of amides is 2. The molecule has 0 spiro atoms. The van der Waals surface area contributed by atoms with Crippen molar-refractivity contribution >= 4 is 17.8 Å². The first-order valence-electron chi connectivity index (χ1n) is 7.26. The smallest absolute Gasteiger partial charge is 0.344 e. The van der Waals surface area contributed by atoms with Gasteiger partial charge in [0.05, 0.1) is 6.54 Å². The van der Waals surface area contributed by atoms with E-state index in [1.54, 1.807) is 26.2 Å². The quantitative estimate of drug-likeness (QED) is 0.699. The van der Waals surface area contributed by atoms with Gasteiger partial charge in [-0.3, -0.25) is 9.59 Å². The van der Waals surface area contributed by atoms with E-state index < -0.39 is 18.5 Å². The average molecular weight is 322 g/mol. The van der Waals surface area contributed by atoms with Crippen LogP contribution in [0.3, 0.4) is 0 Å². The summed E-state index contributed by atoms with van der Waals surface area (Å²) in [6, 6.07) is 7.36. The summed E-state index contributed by atoms with van der Waals surface area (Å²) in [4.78, 5) is 35.5. The highest BCUT2D eigenvalue weighted by Crippen LogP contribution is 2.12. The predicted molar refractivity (Wildman–Crippen MR) is 84.0 cm³/mol. The van der Waals surface area contributed by atoms with Gasteiger partial charge >= 0.3 is 5.97 Å². The van der Waals surface area contributed by atoms with E-state index in [1.807, 2.05) is 19.1 Å². The number of likely N-dealkylation sites (N-methyl/N-ethyl adjacent to an activating group) is 1. The van der Waals surface area contributed by atoms with Gasteiger partial charge in [0.1, 0.15) is 5.75 Å². The Labute approximate surface area is 135 Å². The van der Waals surface area contributed by atoms with Crippen LogP contribution in [0.2, 0.25) is 0 Å². The van der Waals surface area contributed by atoms with E-state index in [2.05, 4.69) is 5.32 Å². The van der Waals surface area contributed by atoms with Gasteiger partial charge in [-0.2, -0.15) is 0 Å². The molecule has 1 rings (SSSR count). The van der Waals surface area contributed by atoms with Crippen LogP contribution in [0.1, 0.15) is 12.5 Å². The highest BCUT2D eigenvalue weighted by Gasteiger charge is 2.10. The van der Waals surface area contributed by atoms with Crippen molar-refractivity contribution in [2.45, 2.75) is 13.3 Å². The highest BCUT2D eigenvalue weighted by atomic mass is 16.6. The van der Waals surface area contributed by atoms with E-state index in [0.717, 1.165) is 6.42 Å². The molecule has 1 aromatic carbocycles. The first-order chi connectivity index (χ1) is 10.9. The molecule has 23 heavy (non-hydrogen) atoms. The van der Waals surface area contributed by atoms with Crippen molar-refractivity contribution in [1.29, 1.82) is 0 Å². The molecular weight excluding hydrogens is 300 g/mol. The molecule has 0 aliphatic carbocycles. The molecule has 7 heteroatoms. The summed E-state index contributed by atoms with van der Waals surface area (Å²) in [7, 11) is 3.16. The average Bonchev–Trinajstić information content (AvgIpc) is 2.56. The van der Waals surface area contributed by atoms with Gasteiger partial charge in [-0.15, -0.1) is 0 Å². The molecule has 7 nitrogen and oxygen atoms in total. The van der Waals surface area contributed by atoms with E-state index in [0.29, 0.717) is 5.75 Å². The number of hydrogen-bond acceptors (Lipinski definition) is 5.